The maximum absolute atomic E-state index is 11.1. The molecule has 0 aliphatic heterocycles. The van der Waals surface area contributed by atoms with Gasteiger partial charge in [0.25, 0.3) is 0 Å². The zero-order valence-electron chi connectivity index (χ0n) is 10.7. The van der Waals surface area contributed by atoms with Crippen molar-refractivity contribution in [3.63, 3.8) is 0 Å². The summed E-state index contributed by atoms with van der Waals surface area (Å²) in [5.74, 6) is 0.265. The van der Waals surface area contributed by atoms with Crippen molar-refractivity contribution in [2.24, 2.45) is 7.05 Å². The number of carboxylic acids is 1. The maximum atomic E-state index is 11.1. The molecule has 1 aliphatic carbocycles. The van der Waals surface area contributed by atoms with Crippen molar-refractivity contribution in [2.45, 2.75) is 31.7 Å². The number of aromatic nitrogens is 5. The van der Waals surface area contributed by atoms with E-state index in [1.807, 2.05) is 17.8 Å². The van der Waals surface area contributed by atoms with E-state index < -0.39 is 5.97 Å². The van der Waals surface area contributed by atoms with Crippen molar-refractivity contribution < 1.29 is 9.90 Å². The lowest BCUT2D eigenvalue weighted by Gasteiger charge is -2.06. The Morgan fingerprint density at radius 3 is 2.89 bits per heavy atom. The van der Waals surface area contributed by atoms with Crippen molar-refractivity contribution in [3.8, 4) is 0 Å². The van der Waals surface area contributed by atoms with Gasteiger partial charge in [0.2, 0.25) is 0 Å². The third kappa shape index (κ3) is 2.23. The van der Waals surface area contributed by atoms with Crippen LogP contribution in [0.5, 0.6) is 0 Å². The molecule has 1 N–H and O–H groups in total. The monoisotopic (exact) mass is 261 g/mol. The van der Waals surface area contributed by atoms with E-state index in [-0.39, 0.29) is 5.69 Å². The van der Waals surface area contributed by atoms with Gasteiger partial charge in [0.1, 0.15) is 5.82 Å². The smallest absolute Gasteiger partial charge is 0.358 e. The number of imidazole rings is 1. The average Bonchev–Trinajstić information content (AvgIpc) is 2.99. The normalized spacial score (nSPS) is 14.8. The summed E-state index contributed by atoms with van der Waals surface area (Å²) in [4.78, 5) is 15.4. The Balaban J connectivity index is 1.81. The van der Waals surface area contributed by atoms with Gasteiger partial charge in [0.05, 0.1) is 12.2 Å². The molecule has 100 valence electrons. The fraction of sp³-hybridized carbons (Fsp3) is 0.500. The van der Waals surface area contributed by atoms with E-state index in [2.05, 4.69) is 15.3 Å². The van der Waals surface area contributed by atoms with Crippen LogP contribution in [-0.2, 0) is 20.0 Å². The second-order valence-electron chi connectivity index (χ2n) is 4.83. The summed E-state index contributed by atoms with van der Waals surface area (Å²) >= 11 is 0. The quantitative estimate of drug-likeness (QED) is 0.861. The van der Waals surface area contributed by atoms with Crippen LogP contribution >= 0.6 is 0 Å². The van der Waals surface area contributed by atoms with Crippen LogP contribution in [0.3, 0.4) is 0 Å². The van der Waals surface area contributed by atoms with Crippen LogP contribution in [0.4, 0.5) is 0 Å². The largest absolute Gasteiger partial charge is 0.476 e. The molecule has 3 rings (SSSR count). The molecule has 2 aromatic heterocycles. The van der Waals surface area contributed by atoms with E-state index >= 15 is 0 Å². The van der Waals surface area contributed by atoms with Crippen molar-refractivity contribution in [1.82, 2.24) is 24.5 Å². The number of carboxylic acid groups (broad SMARTS) is 1. The number of nitrogens with zero attached hydrogens (tertiary/aromatic N) is 5. The maximum Gasteiger partial charge on any atom is 0.358 e. The molecule has 1 fully saturated rings. The van der Waals surface area contributed by atoms with Crippen molar-refractivity contribution in [2.75, 3.05) is 0 Å². The molecule has 19 heavy (non-hydrogen) atoms. The van der Waals surface area contributed by atoms with E-state index in [9.17, 15) is 4.79 Å². The summed E-state index contributed by atoms with van der Waals surface area (Å²) < 4.78 is 3.67. The molecule has 0 saturated heterocycles. The average molecular weight is 261 g/mol. The van der Waals surface area contributed by atoms with E-state index in [1.165, 1.54) is 0 Å². The Kier molecular flexibility index (Phi) is 2.81. The van der Waals surface area contributed by atoms with Gasteiger partial charge in [-0.2, -0.15) is 0 Å². The molecule has 2 heterocycles. The fourth-order valence-corrected chi connectivity index (χ4v) is 2.24. The highest BCUT2D eigenvalue weighted by Crippen LogP contribution is 2.41. The van der Waals surface area contributed by atoms with Crippen LogP contribution < -0.4 is 0 Å². The lowest BCUT2D eigenvalue weighted by molar-refractivity contribution is 0.0689. The topological polar surface area (TPSA) is 85.8 Å². The second kappa shape index (κ2) is 4.49. The van der Waals surface area contributed by atoms with Crippen LogP contribution in [0, 0.1) is 0 Å². The highest BCUT2D eigenvalue weighted by molar-refractivity contribution is 5.86. The molecular weight excluding hydrogens is 246 g/mol. The first kappa shape index (κ1) is 11.9. The highest BCUT2D eigenvalue weighted by Gasteiger charge is 2.33. The second-order valence-corrected chi connectivity index (χ2v) is 4.83. The third-order valence-corrected chi connectivity index (χ3v) is 3.41. The van der Waals surface area contributed by atoms with Crippen LogP contribution in [0.15, 0.2) is 12.4 Å². The SMILES string of the molecule is Cn1ccnc1CCn1nnc(C(=O)O)c1C1CC1. The first-order valence-corrected chi connectivity index (χ1v) is 6.29. The van der Waals surface area contributed by atoms with Crippen molar-refractivity contribution in [3.05, 3.63) is 29.6 Å². The molecule has 0 aromatic carbocycles. The van der Waals surface area contributed by atoms with Gasteiger partial charge >= 0.3 is 5.97 Å². The molecule has 2 aromatic rings. The standard InChI is InChI=1S/C12H15N5O2/c1-16-7-5-13-9(16)4-6-17-11(8-2-3-8)10(12(18)19)14-15-17/h5,7-8H,2-4,6H2,1H3,(H,18,19). The van der Waals surface area contributed by atoms with Gasteiger partial charge in [0.15, 0.2) is 5.69 Å². The van der Waals surface area contributed by atoms with Crippen molar-refractivity contribution in [1.29, 1.82) is 0 Å². The summed E-state index contributed by atoms with van der Waals surface area (Å²) in [6.45, 7) is 0.608. The first-order chi connectivity index (χ1) is 9.16. The number of aryl methyl sites for hydroxylation is 3. The van der Waals surface area contributed by atoms with Gasteiger partial charge < -0.3 is 9.67 Å². The lowest BCUT2D eigenvalue weighted by atomic mass is 10.2. The fourth-order valence-electron chi connectivity index (χ4n) is 2.24. The van der Waals surface area contributed by atoms with Gasteiger partial charge in [-0.3, -0.25) is 0 Å². The number of rotatable bonds is 5. The van der Waals surface area contributed by atoms with Gasteiger partial charge in [-0.25, -0.2) is 14.5 Å². The van der Waals surface area contributed by atoms with Gasteiger partial charge in [-0.15, -0.1) is 5.10 Å². The lowest BCUT2D eigenvalue weighted by Crippen LogP contribution is -2.11. The van der Waals surface area contributed by atoms with Crippen molar-refractivity contribution >= 4 is 5.97 Å². The Morgan fingerprint density at radius 2 is 2.32 bits per heavy atom. The molecule has 1 aliphatic rings. The van der Waals surface area contributed by atoms with E-state index in [0.717, 1.165) is 24.4 Å². The van der Waals surface area contributed by atoms with E-state index in [1.54, 1.807) is 10.9 Å². The molecule has 0 amide bonds. The molecule has 7 nitrogen and oxygen atoms in total. The van der Waals surface area contributed by atoms with Crippen LogP contribution in [-0.4, -0.2) is 35.6 Å². The summed E-state index contributed by atoms with van der Waals surface area (Å²) in [6, 6.07) is 0. The zero-order valence-corrected chi connectivity index (χ0v) is 10.7. The molecule has 0 unspecified atom stereocenters. The molecule has 0 atom stereocenters. The molecule has 1 saturated carbocycles. The van der Waals surface area contributed by atoms with Crippen LogP contribution in [0.1, 0.15) is 40.8 Å². The molecule has 7 heteroatoms. The predicted octanol–water partition coefficient (Wildman–Crippen LogP) is 0.830. The zero-order chi connectivity index (χ0) is 13.4. The van der Waals surface area contributed by atoms with E-state index in [4.69, 9.17) is 5.11 Å². The summed E-state index contributed by atoms with van der Waals surface area (Å²) in [6.07, 6.45) is 6.40. The third-order valence-electron chi connectivity index (χ3n) is 3.41. The Hall–Kier alpha value is -2.18. The Bertz CT molecular complexity index is 611. The number of carbonyl (C=O) groups is 1. The Morgan fingerprint density at radius 1 is 1.53 bits per heavy atom. The van der Waals surface area contributed by atoms with Gasteiger partial charge in [-0.1, -0.05) is 5.21 Å². The highest BCUT2D eigenvalue weighted by atomic mass is 16.4. The molecule has 0 spiro atoms. The van der Waals surface area contributed by atoms with Crippen LogP contribution in [0.25, 0.3) is 0 Å². The first-order valence-electron chi connectivity index (χ1n) is 6.29. The minimum absolute atomic E-state index is 0.0994. The van der Waals surface area contributed by atoms with Gasteiger partial charge in [-0.05, 0) is 12.8 Å². The summed E-state index contributed by atoms with van der Waals surface area (Å²) in [7, 11) is 1.94. The number of hydrogen-bond donors (Lipinski definition) is 1. The number of hydrogen-bond acceptors (Lipinski definition) is 4. The minimum atomic E-state index is -0.995. The minimum Gasteiger partial charge on any atom is -0.476 e. The molecule has 0 bridgehead atoms. The summed E-state index contributed by atoms with van der Waals surface area (Å²) in [5.41, 5.74) is 0.865. The van der Waals surface area contributed by atoms with Gasteiger partial charge in [0, 0.05) is 31.8 Å². The predicted molar refractivity (Wildman–Crippen MR) is 65.9 cm³/mol. The van der Waals surface area contributed by atoms with Crippen LogP contribution in [0.2, 0.25) is 0 Å². The summed E-state index contributed by atoms with van der Waals surface area (Å²) in [5, 5.41) is 16.9. The Labute approximate surface area is 109 Å². The molecular formula is C12H15N5O2. The molecule has 0 radical (unpaired) electrons. The van der Waals surface area contributed by atoms with E-state index in [0.29, 0.717) is 18.9 Å². The number of aromatic carboxylic acids is 1.